The van der Waals surface area contributed by atoms with Gasteiger partial charge in [-0.15, -0.1) is 0 Å². The van der Waals surface area contributed by atoms with E-state index >= 15 is 0 Å². The number of benzene rings is 1. The lowest BCUT2D eigenvalue weighted by Crippen LogP contribution is -2.50. The Labute approximate surface area is 128 Å². The lowest BCUT2D eigenvalue weighted by molar-refractivity contribution is -0.148. The molecule has 2 heterocycles. The average molecular weight is 310 g/mol. The monoisotopic (exact) mass is 310 g/mol. The fraction of sp³-hybridized carbons (Fsp3) is 0.562. The van der Waals surface area contributed by atoms with E-state index in [2.05, 4.69) is 0 Å². The zero-order valence-electron chi connectivity index (χ0n) is 12.4. The van der Waals surface area contributed by atoms with Crippen molar-refractivity contribution in [2.24, 2.45) is 0 Å². The van der Waals surface area contributed by atoms with Crippen molar-refractivity contribution < 1.29 is 18.3 Å². The third-order valence-electron chi connectivity index (χ3n) is 4.25. The predicted molar refractivity (Wildman–Crippen MR) is 77.2 cm³/mol. The summed E-state index contributed by atoms with van der Waals surface area (Å²) in [5, 5.41) is 0. The Balaban J connectivity index is 1.62. The van der Waals surface area contributed by atoms with Crippen LogP contribution < -0.4 is 0 Å². The largest absolute Gasteiger partial charge is 0.366 e. The lowest BCUT2D eigenvalue weighted by atomic mass is 10.1. The van der Waals surface area contributed by atoms with Gasteiger partial charge in [-0.3, -0.25) is 9.69 Å². The highest BCUT2D eigenvalue weighted by Crippen LogP contribution is 2.17. The molecule has 2 fully saturated rings. The van der Waals surface area contributed by atoms with Gasteiger partial charge in [0.05, 0.1) is 6.61 Å². The van der Waals surface area contributed by atoms with E-state index in [4.69, 9.17) is 4.74 Å². The van der Waals surface area contributed by atoms with E-state index in [0.29, 0.717) is 25.3 Å². The number of rotatable bonds is 3. The summed E-state index contributed by atoms with van der Waals surface area (Å²) < 4.78 is 32.5. The van der Waals surface area contributed by atoms with Crippen LogP contribution in [0.1, 0.15) is 18.4 Å². The fourth-order valence-corrected chi connectivity index (χ4v) is 3.04. The Morgan fingerprint density at radius 3 is 2.77 bits per heavy atom. The van der Waals surface area contributed by atoms with E-state index in [1.165, 1.54) is 6.07 Å². The van der Waals surface area contributed by atoms with Crippen molar-refractivity contribution in [2.45, 2.75) is 25.5 Å². The maximum absolute atomic E-state index is 13.7. The van der Waals surface area contributed by atoms with Crippen molar-refractivity contribution in [3.8, 4) is 0 Å². The summed E-state index contributed by atoms with van der Waals surface area (Å²) in [4.78, 5) is 16.1. The standard InChI is InChI=1S/C16H20F2N2O2/c17-13-3-4-14(18)12(9-13)10-19-7-8-22-15(11-19)16(21)20-5-1-2-6-20/h3-4,9,15H,1-2,5-8,10-11H2. The highest BCUT2D eigenvalue weighted by Gasteiger charge is 2.31. The van der Waals surface area contributed by atoms with Crippen LogP contribution >= 0.6 is 0 Å². The zero-order chi connectivity index (χ0) is 15.5. The minimum Gasteiger partial charge on any atom is -0.366 e. The third-order valence-corrected chi connectivity index (χ3v) is 4.25. The van der Waals surface area contributed by atoms with Crippen LogP contribution in [0.2, 0.25) is 0 Å². The Kier molecular flexibility index (Phi) is 4.69. The number of carbonyl (C=O) groups is 1. The van der Waals surface area contributed by atoms with Crippen LogP contribution in [0, 0.1) is 11.6 Å². The molecule has 3 rings (SSSR count). The van der Waals surface area contributed by atoms with Gasteiger partial charge < -0.3 is 9.64 Å². The van der Waals surface area contributed by atoms with Crippen molar-refractivity contribution in [1.82, 2.24) is 9.80 Å². The second-order valence-corrected chi connectivity index (χ2v) is 5.86. The summed E-state index contributed by atoms with van der Waals surface area (Å²) in [7, 11) is 0. The molecular weight excluding hydrogens is 290 g/mol. The highest BCUT2D eigenvalue weighted by molar-refractivity contribution is 5.81. The van der Waals surface area contributed by atoms with E-state index in [0.717, 1.165) is 38.1 Å². The molecule has 1 aromatic carbocycles. The van der Waals surface area contributed by atoms with Gasteiger partial charge in [0, 0.05) is 38.3 Å². The van der Waals surface area contributed by atoms with Crippen LogP contribution in [-0.2, 0) is 16.1 Å². The van der Waals surface area contributed by atoms with Gasteiger partial charge in [0.1, 0.15) is 17.7 Å². The van der Waals surface area contributed by atoms with Gasteiger partial charge in [-0.1, -0.05) is 0 Å². The minimum absolute atomic E-state index is 0.0157. The second kappa shape index (κ2) is 6.71. The number of morpholine rings is 1. The molecule has 0 N–H and O–H groups in total. The summed E-state index contributed by atoms with van der Waals surface area (Å²) in [5.41, 5.74) is 0.314. The molecule has 0 radical (unpaired) electrons. The third kappa shape index (κ3) is 3.44. The molecule has 0 aromatic heterocycles. The molecule has 2 saturated heterocycles. The van der Waals surface area contributed by atoms with Gasteiger partial charge >= 0.3 is 0 Å². The van der Waals surface area contributed by atoms with Gasteiger partial charge in [-0.25, -0.2) is 8.78 Å². The number of halogens is 2. The molecule has 0 aliphatic carbocycles. The summed E-state index contributed by atoms with van der Waals surface area (Å²) in [6.45, 7) is 3.33. The predicted octanol–water partition coefficient (Wildman–Crippen LogP) is 1.79. The number of hydrogen-bond donors (Lipinski definition) is 0. The molecule has 2 aliphatic rings. The normalized spacial score (nSPS) is 23.0. The average Bonchev–Trinajstić information content (AvgIpc) is 3.05. The van der Waals surface area contributed by atoms with E-state index < -0.39 is 17.7 Å². The maximum Gasteiger partial charge on any atom is 0.253 e. The Hall–Kier alpha value is -1.53. The van der Waals surface area contributed by atoms with Gasteiger partial charge in [-0.2, -0.15) is 0 Å². The van der Waals surface area contributed by atoms with Crippen LogP contribution in [0.5, 0.6) is 0 Å². The van der Waals surface area contributed by atoms with Crippen molar-refractivity contribution in [3.63, 3.8) is 0 Å². The first-order valence-electron chi connectivity index (χ1n) is 7.70. The SMILES string of the molecule is O=C(C1CN(Cc2cc(F)ccc2F)CCO1)N1CCCC1. The van der Waals surface area contributed by atoms with E-state index in [1.807, 2.05) is 9.80 Å². The van der Waals surface area contributed by atoms with Gasteiger partial charge in [0.25, 0.3) is 5.91 Å². The van der Waals surface area contributed by atoms with E-state index in [1.54, 1.807) is 0 Å². The fourth-order valence-electron chi connectivity index (χ4n) is 3.04. The van der Waals surface area contributed by atoms with Gasteiger partial charge in [0.15, 0.2) is 0 Å². The van der Waals surface area contributed by atoms with Crippen molar-refractivity contribution in [3.05, 3.63) is 35.4 Å². The highest BCUT2D eigenvalue weighted by atomic mass is 19.1. The molecule has 1 atom stereocenters. The number of likely N-dealkylation sites (tertiary alicyclic amines) is 1. The second-order valence-electron chi connectivity index (χ2n) is 5.86. The van der Waals surface area contributed by atoms with Crippen LogP contribution in [0.15, 0.2) is 18.2 Å². The van der Waals surface area contributed by atoms with Gasteiger partial charge in [0.2, 0.25) is 0 Å². The molecule has 1 unspecified atom stereocenters. The molecule has 0 saturated carbocycles. The van der Waals surface area contributed by atoms with Crippen LogP contribution in [0.25, 0.3) is 0 Å². The van der Waals surface area contributed by atoms with Crippen LogP contribution in [-0.4, -0.2) is 54.6 Å². The smallest absolute Gasteiger partial charge is 0.253 e. The Morgan fingerprint density at radius 2 is 2.00 bits per heavy atom. The molecule has 120 valence electrons. The molecule has 22 heavy (non-hydrogen) atoms. The molecule has 0 spiro atoms. The topological polar surface area (TPSA) is 32.8 Å². The number of ether oxygens (including phenoxy) is 1. The quantitative estimate of drug-likeness (QED) is 0.853. The van der Waals surface area contributed by atoms with Crippen LogP contribution in [0.3, 0.4) is 0 Å². The number of hydrogen-bond acceptors (Lipinski definition) is 3. The first-order valence-corrected chi connectivity index (χ1v) is 7.70. The molecule has 4 nitrogen and oxygen atoms in total. The lowest BCUT2D eigenvalue weighted by Gasteiger charge is -2.34. The summed E-state index contributed by atoms with van der Waals surface area (Å²) in [6.07, 6.45) is 1.58. The maximum atomic E-state index is 13.7. The van der Waals surface area contributed by atoms with Gasteiger partial charge in [-0.05, 0) is 31.0 Å². The van der Waals surface area contributed by atoms with Crippen molar-refractivity contribution in [2.75, 3.05) is 32.8 Å². The van der Waals surface area contributed by atoms with Crippen molar-refractivity contribution in [1.29, 1.82) is 0 Å². The molecular formula is C16H20F2N2O2. The first-order chi connectivity index (χ1) is 10.6. The molecule has 0 bridgehead atoms. The first kappa shape index (κ1) is 15.4. The number of amides is 1. The summed E-state index contributed by atoms with van der Waals surface area (Å²) in [5.74, 6) is -0.855. The zero-order valence-corrected chi connectivity index (χ0v) is 12.4. The summed E-state index contributed by atoms with van der Waals surface area (Å²) in [6, 6.07) is 3.46. The minimum atomic E-state index is -0.497. The van der Waals surface area contributed by atoms with E-state index in [-0.39, 0.29) is 12.5 Å². The van der Waals surface area contributed by atoms with E-state index in [9.17, 15) is 13.6 Å². The summed E-state index contributed by atoms with van der Waals surface area (Å²) >= 11 is 0. The number of nitrogens with zero attached hydrogens (tertiary/aromatic N) is 2. The van der Waals surface area contributed by atoms with Crippen LogP contribution in [0.4, 0.5) is 8.78 Å². The Morgan fingerprint density at radius 1 is 1.23 bits per heavy atom. The molecule has 2 aliphatic heterocycles. The number of carbonyl (C=O) groups excluding carboxylic acids is 1. The molecule has 6 heteroatoms. The molecule has 1 amide bonds. The Bertz CT molecular complexity index is 547. The van der Waals surface area contributed by atoms with Crippen molar-refractivity contribution >= 4 is 5.91 Å². The molecule has 1 aromatic rings.